The second-order valence-electron chi connectivity index (χ2n) is 7.66. The quantitative estimate of drug-likeness (QED) is 0.356. The molecule has 9 heteroatoms. The molecule has 0 aromatic heterocycles. The molecule has 7 nitrogen and oxygen atoms in total. The van der Waals surface area contributed by atoms with Crippen molar-refractivity contribution < 1.29 is 14.8 Å². The number of carboxylic acid groups (broad SMARTS) is 1. The predicted molar refractivity (Wildman–Crippen MR) is 124 cm³/mol. The summed E-state index contributed by atoms with van der Waals surface area (Å²) >= 11 is 12.7. The van der Waals surface area contributed by atoms with Gasteiger partial charge in [0.2, 0.25) is 0 Å². The molecule has 1 N–H and O–H groups in total. The van der Waals surface area contributed by atoms with Crippen molar-refractivity contribution in [3.05, 3.63) is 97.5 Å². The lowest BCUT2D eigenvalue weighted by Crippen LogP contribution is -2.32. The van der Waals surface area contributed by atoms with Gasteiger partial charge in [0.25, 0.3) is 5.69 Å². The standard InChI is InChI=1S/C23H19Cl2N3O4/c1-26-12-19(17-9-14(24)10-21(25)20(17)13-26)18-11-16(7-8-22(18)28(31)32)27(23(29)30)15-5-3-2-4-6-15/h2-11,19H,12-13H2,1H3,(H,29,30). The van der Waals surface area contributed by atoms with Crippen LogP contribution in [0, 0.1) is 10.1 Å². The van der Waals surface area contributed by atoms with Gasteiger partial charge < -0.3 is 10.0 Å². The van der Waals surface area contributed by atoms with Crippen LogP contribution in [0.5, 0.6) is 0 Å². The summed E-state index contributed by atoms with van der Waals surface area (Å²) in [5.41, 5.74) is 2.73. The van der Waals surface area contributed by atoms with Gasteiger partial charge in [0.05, 0.1) is 16.3 Å². The number of nitro benzene ring substituents is 1. The van der Waals surface area contributed by atoms with Gasteiger partial charge in [-0.2, -0.15) is 0 Å². The molecule has 164 valence electrons. The number of amides is 1. The highest BCUT2D eigenvalue weighted by atomic mass is 35.5. The maximum atomic E-state index is 12.1. The molecule has 1 unspecified atom stereocenters. The molecular weight excluding hydrogens is 453 g/mol. The molecule has 1 aliphatic rings. The molecule has 3 aromatic carbocycles. The molecular formula is C23H19Cl2N3O4. The van der Waals surface area contributed by atoms with E-state index in [0.29, 0.717) is 40.1 Å². The molecule has 1 amide bonds. The highest BCUT2D eigenvalue weighted by Crippen LogP contribution is 2.42. The van der Waals surface area contributed by atoms with Crippen molar-refractivity contribution in [1.29, 1.82) is 0 Å². The molecule has 0 saturated heterocycles. The zero-order valence-electron chi connectivity index (χ0n) is 17.0. The zero-order chi connectivity index (χ0) is 23.0. The lowest BCUT2D eigenvalue weighted by atomic mass is 9.83. The number of hydrogen-bond donors (Lipinski definition) is 1. The van der Waals surface area contributed by atoms with Gasteiger partial charge in [0, 0.05) is 40.7 Å². The Morgan fingerprint density at radius 3 is 2.47 bits per heavy atom. The number of nitrogens with zero attached hydrogens (tertiary/aromatic N) is 3. The Labute approximate surface area is 194 Å². The molecule has 1 heterocycles. The maximum Gasteiger partial charge on any atom is 0.416 e. The van der Waals surface area contributed by atoms with E-state index in [2.05, 4.69) is 0 Å². The average Bonchev–Trinajstić information content (AvgIpc) is 2.74. The van der Waals surface area contributed by atoms with E-state index in [-0.39, 0.29) is 5.69 Å². The van der Waals surface area contributed by atoms with Crippen LogP contribution in [-0.4, -0.2) is 34.6 Å². The summed E-state index contributed by atoms with van der Waals surface area (Å²) in [7, 11) is 1.91. The van der Waals surface area contributed by atoms with Crippen molar-refractivity contribution in [3.8, 4) is 0 Å². The first-order chi connectivity index (χ1) is 15.3. The van der Waals surface area contributed by atoms with Crippen LogP contribution in [0.4, 0.5) is 21.9 Å². The predicted octanol–water partition coefficient (Wildman–Crippen LogP) is 6.30. The Balaban J connectivity index is 1.92. The van der Waals surface area contributed by atoms with Gasteiger partial charge in [-0.1, -0.05) is 41.4 Å². The number of para-hydroxylation sites is 1. The number of benzene rings is 3. The van der Waals surface area contributed by atoms with Gasteiger partial charge in [-0.05, 0) is 54.6 Å². The summed E-state index contributed by atoms with van der Waals surface area (Å²) in [6, 6.07) is 16.4. The number of nitro groups is 1. The van der Waals surface area contributed by atoms with E-state index in [1.165, 1.54) is 12.1 Å². The van der Waals surface area contributed by atoms with E-state index in [1.54, 1.807) is 48.5 Å². The van der Waals surface area contributed by atoms with E-state index >= 15 is 0 Å². The number of anilines is 2. The highest BCUT2D eigenvalue weighted by molar-refractivity contribution is 6.35. The molecule has 0 fully saturated rings. The third kappa shape index (κ3) is 4.14. The largest absolute Gasteiger partial charge is 0.464 e. The van der Waals surface area contributed by atoms with Gasteiger partial charge in [0.15, 0.2) is 0 Å². The van der Waals surface area contributed by atoms with Gasteiger partial charge in [-0.25, -0.2) is 9.69 Å². The number of carbonyl (C=O) groups is 1. The first-order valence-electron chi connectivity index (χ1n) is 9.79. The van der Waals surface area contributed by atoms with Crippen molar-refractivity contribution in [1.82, 2.24) is 4.90 Å². The zero-order valence-corrected chi connectivity index (χ0v) is 18.5. The number of halogens is 2. The van der Waals surface area contributed by atoms with Gasteiger partial charge in [-0.3, -0.25) is 10.1 Å². The fraction of sp³-hybridized carbons (Fsp3) is 0.174. The van der Waals surface area contributed by atoms with Crippen LogP contribution in [0.25, 0.3) is 0 Å². The van der Waals surface area contributed by atoms with Crippen molar-refractivity contribution in [2.24, 2.45) is 0 Å². The van der Waals surface area contributed by atoms with Gasteiger partial charge >= 0.3 is 6.09 Å². The molecule has 0 saturated carbocycles. The smallest absolute Gasteiger partial charge is 0.416 e. The number of likely N-dealkylation sites (N-methyl/N-ethyl adjacent to an activating group) is 1. The van der Waals surface area contributed by atoms with E-state index in [9.17, 15) is 20.0 Å². The molecule has 1 aliphatic heterocycles. The molecule has 1 atom stereocenters. The average molecular weight is 472 g/mol. The third-order valence-corrected chi connectivity index (χ3v) is 6.10. The summed E-state index contributed by atoms with van der Waals surface area (Å²) in [5.74, 6) is -0.410. The van der Waals surface area contributed by atoms with Gasteiger partial charge in [0.1, 0.15) is 0 Å². The second kappa shape index (κ2) is 8.78. The Kier molecular flexibility index (Phi) is 6.06. The topological polar surface area (TPSA) is 86.9 Å². The highest BCUT2D eigenvalue weighted by Gasteiger charge is 2.32. The molecule has 32 heavy (non-hydrogen) atoms. The summed E-state index contributed by atoms with van der Waals surface area (Å²) in [5, 5.41) is 22.7. The molecule has 4 rings (SSSR count). The molecule has 0 bridgehead atoms. The number of fused-ring (bicyclic) bond motifs is 1. The van der Waals surface area contributed by atoms with Crippen molar-refractivity contribution >= 4 is 46.4 Å². The first kappa shape index (κ1) is 22.1. The van der Waals surface area contributed by atoms with Crippen molar-refractivity contribution in [2.75, 3.05) is 18.5 Å². The summed E-state index contributed by atoms with van der Waals surface area (Å²) < 4.78 is 0. The third-order valence-electron chi connectivity index (χ3n) is 5.54. The SMILES string of the molecule is CN1Cc2c(Cl)cc(Cl)cc2C(c2cc(N(C(=O)O)c3ccccc3)ccc2[N+](=O)[O-])C1. The van der Waals surface area contributed by atoms with Crippen LogP contribution in [0.3, 0.4) is 0 Å². The minimum atomic E-state index is -1.19. The second-order valence-corrected chi connectivity index (χ2v) is 8.50. The number of rotatable bonds is 4. The molecule has 3 aromatic rings. The number of hydrogen-bond acceptors (Lipinski definition) is 4. The minimum absolute atomic E-state index is 0.0884. The molecule has 0 spiro atoms. The monoisotopic (exact) mass is 471 g/mol. The van der Waals surface area contributed by atoms with Crippen LogP contribution in [-0.2, 0) is 6.54 Å². The van der Waals surface area contributed by atoms with E-state index < -0.39 is 16.9 Å². The maximum absolute atomic E-state index is 12.1. The van der Waals surface area contributed by atoms with Crippen molar-refractivity contribution in [2.45, 2.75) is 12.5 Å². The molecule has 0 aliphatic carbocycles. The fourth-order valence-electron chi connectivity index (χ4n) is 4.18. The minimum Gasteiger partial charge on any atom is -0.464 e. The summed E-state index contributed by atoms with van der Waals surface area (Å²) in [4.78, 5) is 26.7. The van der Waals surface area contributed by atoms with E-state index in [1.807, 2.05) is 11.9 Å². The Hall–Kier alpha value is -3.13. The van der Waals surface area contributed by atoms with E-state index in [4.69, 9.17) is 23.2 Å². The molecule has 0 radical (unpaired) electrons. The first-order valence-corrected chi connectivity index (χ1v) is 10.5. The fourth-order valence-corrected chi connectivity index (χ4v) is 4.75. The van der Waals surface area contributed by atoms with Crippen LogP contribution in [0.1, 0.15) is 22.6 Å². The lowest BCUT2D eigenvalue weighted by Gasteiger charge is -2.33. The van der Waals surface area contributed by atoms with Crippen LogP contribution in [0.15, 0.2) is 60.7 Å². The summed E-state index contributed by atoms with van der Waals surface area (Å²) in [6.07, 6.45) is -1.19. The van der Waals surface area contributed by atoms with Gasteiger partial charge in [-0.15, -0.1) is 0 Å². The Morgan fingerprint density at radius 1 is 1.09 bits per heavy atom. The van der Waals surface area contributed by atoms with Crippen LogP contribution < -0.4 is 4.90 Å². The Morgan fingerprint density at radius 2 is 1.81 bits per heavy atom. The van der Waals surface area contributed by atoms with Crippen LogP contribution in [0.2, 0.25) is 10.0 Å². The normalized spacial score (nSPS) is 15.8. The summed E-state index contributed by atoms with van der Waals surface area (Å²) in [6.45, 7) is 1.08. The Bertz CT molecular complexity index is 1200. The van der Waals surface area contributed by atoms with E-state index in [0.717, 1.165) is 16.0 Å². The van der Waals surface area contributed by atoms with Crippen LogP contribution >= 0.6 is 23.2 Å². The van der Waals surface area contributed by atoms with Crippen molar-refractivity contribution in [3.63, 3.8) is 0 Å². The lowest BCUT2D eigenvalue weighted by molar-refractivity contribution is -0.385.